The van der Waals surface area contributed by atoms with Crippen LogP contribution >= 0.6 is 31.9 Å². The second kappa shape index (κ2) is 5.88. The van der Waals surface area contributed by atoms with Crippen molar-refractivity contribution in [2.24, 2.45) is 11.8 Å². The number of rotatable bonds is 1. The van der Waals surface area contributed by atoms with Gasteiger partial charge >= 0.3 is 6.18 Å². The quantitative estimate of drug-likeness (QED) is 0.472. The molecule has 2 amide bonds. The van der Waals surface area contributed by atoms with Crippen LogP contribution in [-0.4, -0.2) is 21.5 Å². The number of benzene rings is 1. The van der Waals surface area contributed by atoms with Gasteiger partial charge in [0, 0.05) is 9.65 Å². The van der Waals surface area contributed by atoms with Crippen molar-refractivity contribution >= 4 is 49.4 Å². The van der Waals surface area contributed by atoms with E-state index in [1.54, 1.807) is 0 Å². The lowest BCUT2D eigenvalue weighted by atomic mass is 9.81. The Morgan fingerprint density at radius 3 is 2.00 bits per heavy atom. The van der Waals surface area contributed by atoms with Gasteiger partial charge in [0.05, 0.1) is 23.1 Å². The van der Waals surface area contributed by atoms with E-state index in [9.17, 15) is 22.8 Å². The lowest BCUT2D eigenvalue weighted by Crippen LogP contribution is -2.34. The molecule has 1 saturated carbocycles. The highest BCUT2D eigenvalue weighted by atomic mass is 79.9. The molecule has 1 heterocycles. The Bertz CT molecular complexity index is 636. The summed E-state index contributed by atoms with van der Waals surface area (Å²) in [6, 6.07) is 4.34. The summed E-state index contributed by atoms with van der Waals surface area (Å²) in [6.07, 6.45) is -3.54. The Hall–Kier alpha value is -0.890. The number of imide groups is 1. The average molecular weight is 455 g/mol. The third-order valence-electron chi connectivity index (χ3n) is 4.34. The topological polar surface area (TPSA) is 37.4 Å². The predicted octanol–water partition coefficient (Wildman–Crippen LogP) is 4.13. The van der Waals surface area contributed by atoms with E-state index in [4.69, 9.17) is 0 Å². The van der Waals surface area contributed by atoms with E-state index < -0.39 is 35.4 Å². The average Bonchev–Trinajstić information content (AvgIpc) is 2.71. The Balaban J connectivity index is 1.95. The van der Waals surface area contributed by atoms with Gasteiger partial charge in [-0.2, -0.15) is 13.2 Å². The van der Waals surface area contributed by atoms with Crippen molar-refractivity contribution in [3.05, 3.63) is 29.8 Å². The van der Waals surface area contributed by atoms with Crippen LogP contribution in [0.15, 0.2) is 24.3 Å². The second-order valence-electron chi connectivity index (χ2n) is 5.78. The largest absolute Gasteiger partial charge is 0.416 e. The second-order valence-corrected chi connectivity index (χ2v) is 8.13. The first-order valence-electron chi connectivity index (χ1n) is 7.03. The number of hydrogen-bond acceptors (Lipinski definition) is 2. The molecular weight excluding hydrogens is 443 g/mol. The molecule has 0 radical (unpaired) electrons. The summed E-state index contributed by atoms with van der Waals surface area (Å²) < 4.78 is 38.5. The first-order valence-corrected chi connectivity index (χ1v) is 8.86. The smallest absolute Gasteiger partial charge is 0.274 e. The van der Waals surface area contributed by atoms with Crippen molar-refractivity contribution in [1.82, 2.24) is 0 Å². The molecule has 8 heteroatoms. The van der Waals surface area contributed by atoms with E-state index in [0.29, 0.717) is 12.8 Å². The highest BCUT2D eigenvalue weighted by Crippen LogP contribution is 2.44. The lowest BCUT2D eigenvalue weighted by molar-refractivity contribution is -0.137. The SMILES string of the molecule is O=C1[C@H]2C[C@@H](Br)[C@H](Br)C[C@H]2C(=O)N1c1cccc(C(F)(F)F)c1. The number of amides is 2. The molecule has 23 heavy (non-hydrogen) atoms. The van der Waals surface area contributed by atoms with Crippen LogP contribution in [0, 0.1) is 11.8 Å². The zero-order chi connectivity index (χ0) is 16.9. The van der Waals surface area contributed by atoms with Crippen LogP contribution in [0.4, 0.5) is 18.9 Å². The van der Waals surface area contributed by atoms with Gasteiger partial charge in [0.25, 0.3) is 0 Å². The zero-order valence-electron chi connectivity index (χ0n) is 11.7. The molecule has 1 aliphatic carbocycles. The van der Waals surface area contributed by atoms with Gasteiger partial charge in [-0.3, -0.25) is 14.5 Å². The van der Waals surface area contributed by atoms with E-state index in [1.807, 2.05) is 0 Å². The Kier molecular flexibility index (Phi) is 4.33. The summed E-state index contributed by atoms with van der Waals surface area (Å²) in [7, 11) is 0. The third kappa shape index (κ3) is 2.95. The number of alkyl halides is 5. The maximum atomic E-state index is 12.8. The Labute approximate surface area is 147 Å². The molecule has 0 bridgehead atoms. The highest BCUT2D eigenvalue weighted by molar-refractivity contribution is 9.12. The lowest BCUT2D eigenvalue weighted by Gasteiger charge is -2.29. The molecule has 0 spiro atoms. The van der Waals surface area contributed by atoms with E-state index in [0.717, 1.165) is 17.0 Å². The van der Waals surface area contributed by atoms with Crippen LogP contribution in [0.2, 0.25) is 0 Å². The summed E-state index contributed by atoms with van der Waals surface area (Å²) in [4.78, 5) is 26.1. The van der Waals surface area contributed by atoms with Crippen molar-refractivity contribution in [3.8, 4) is 0 Å². The normalized spacial score (nSPS) is 31.4. The van der Waals surface area contributed by atoms with Crippen molar-refractivity contribution in [2.75, 3.05) is 4.90 Å². The van der Waals surface area contributed by atoms with E-state index >= 15 is 0 Å². The molecule has 1 saturated heterocycles. The monoisotopic (exact) mass is 453 g/mol. The molecule has 4 atom stereocenters. The molecule has 3 rings (SSSR count). The van der Waals surface area contributed by atoms with Crippen LogP contribution in [0.1, 0.15) is 18.4 Å². The van der Waals surface area contributed by atoms with E-state index in [1.165, 1.54) is 12.1 Å². The standard InChI is InChI=1S/C15H12Br2F3NO2/c16-11-5-9-10(6-12(11)17)14(23)21(13(9)22)8-3-1-2-7(4-8)15(18,19)20/h1-4,9-12H,5-6H2/t9-,10+,11-,12-/m1/s1. The van der Waals surface area contributed by atoms with Crippen molar-refractivity contribution < 1.29 is 22.8 Å². The molecule has 1 aromatic carbocycles. The summed E-state index contributed by atoms with van der Waals surface area (Å²) >= 11 is 6.95. The van der Waals surface area contributed by atoms with Gasteiger partial charge in [-0.15, -0.1) is 0 Å². The first-order chi connectivity index (χ1) is 10.7. The number of carbonyl (C=O) groups excluding carboxylic acids is 2. The molecular formula is C15H12Br2F3NO2. The maximum absolute atomic E-state index is 12.8. The summed E-state index contributed by atoms with van der Waals surface area (Å²) in [5, 5.41) is 0. The predicted molar refractivity (Wildman–Crippen MR) is 85.6 cm³/mol. The summed E-state index contributed by atoms with van der Waals surface area (Å²) in [5.41, 5.74) is -0.885. The van der Waals surface area contributed by atoms with Gasteiger partial charge in [-0.1, -0.05) is 37.9 Å². The van der Waals surface area contributed by atoms with Crippen molar-refractivity contribution in [3.63, 3.8) is 0 Å². The molecule has 0 unspecified atom stereocenters. The Morgan fingerprint density at radius 2 is 1.52 bits per heavy atom. The number of halogens is 5. The van der Waals surface area contributed by atoms with Gasteiger partial charge in [0.2, 0.25) is 11.8 Å². The Morgan fingerprint density at radius 1 is 1.00 bits per heavy atom. The zero-order valence-corrected chi connectivity index (χ0v) is 14.9. The number of fused-ring (bicyclic) bond motifs is 1. The fourth-order valence-electron chi connectivity index (χ4n) is 3.17. The molecule has 1 aliphatic heterocycles. The van der Waals surface area contributed by atoms with Crippen molar-refractivity contribution in [1.29, 1.82) is 0 Å². The van der Waals surface area contributed by atoms with E-state index in [2.05, 4.69) is 31.9 Å². The minimum absolute atomic E-state index is 0.0125. The summed E-state index contributed by atoms with van der Waals surface area (Å²) in [5.74, 6) is -1.78. The molecule has 0 N–H and O–H groups in total. The first kappa shape index (κ1) is 17.0. The van der Waals surface area contributed by atoms with Gasteiger partial charge in [-0.05, 0) is 31.0 Å². The molecule has 3 nitrogen and oxygen atoms in total. The molecule has 124 valence electrons. The maximum Gasteiger partial charge on any atom is 0.416 e. The number of carbonyl (C=O) groups is 2. The van der Waals surface area contributed by atoms with Crippen LogP contribution in [0.5, 0.6) is 0 Å². The molecule has 0 aromatic heterocycles. The van der Waals surface area contributed by atoms with Gasteiger partial charge in [-0.25, -0.2) is 0 Å². The van der Waals surface area contributed by atoms with Gasteiger partial charge < -0.3 is 0 Å². The molecule has 2 fully saturated rings. The van der Waals surface area contributed by atoms with Gasteiger partial charge in [0.1, 0.15) is 0 Å². The van der Waals surface area contributed by atoms with Crippen LogP contribution in [-0.2, 0) is 15.8 Å². The van der Waals surface area contributed by atoms with Gasteiger partial charge in [0.15, 0.2) is 0 Å². The minimum atomic E-state index is -4.52. The van der Waals surface area contributed by atoms with Crippen LogP contribution in [0.3, 0.4) is 0 Å². The molecule has 1 aromatic rings. The third-order valence-corrected chi connectivity index (χ3v) is 7.08. The number of nitrogens with zero attached hydrogens (tertiary/aromatic N) is 1. The van der Waals surface area contributed by atoms with Crippen LogP contribution < -0.4 is 4.90 Å². The summed E-state index contributed by atoms with van der Waals surface area (Å²) in [6.45, 7) is 0. The molecule has 2 aliphatic rings. The minimum Gasteiger partial charge on any atom is -0.274 e. The number of anilines is 1. The highest BCUT2D eigenvalue weighted by Gasteiger charge is 2.52. The van der Waals surface area contributed by atoms with Crippen molar-refractivity contribution in [2.45, 2.75) is 28.7 Å². The van der Waals surface area contributed by atoms with Crippen LogP contribution in [0.25, 0.3) is 0 Å². The fraction of sp³-hybridized carbons (Fsp3) is 0.467. The fourth-order valence-corrected chi connectivity index (χ4v) is 4.41. The number of hydrogen-bond donors (Lipinski definition) is 0. The van der Waals surface area contributed by atoms with E-state index in [-0.39, 0.29) is 15.3 Å².